The molecule has 1 aromatic carbocycles. The highest BCUT2D eigenvalue weighted by Gasteiger charge is 2.47. The molecule has 1 aliphatic carbocycles. The molecule has 3 heterocycles. The summed E-state index contributed by atoms with van der Waals surface area (Å²) in [4.78, 5) is 13.1. The third kappa shape index (κ3) is 4.18. The van der Waals surface area contributed by atoms with Crippen LogP contribution in [0.15, 0.2) is 55.8 Å². The van der Waals surface area contributed by atoms with E-state index < -0.39 is 25.0 Å². The van der Waals surface area contributed by atoms with Crippen LogP contribution in [0.5, 0.6) is 0 Å². The molecule has 1 unspecified atom stereocenters. The molecule has 1 fully saturated rings. The lowest BCUT2D eigenvalue weighted by atomic mass is 9.96. The summed E-state index contributed by atoms with van der Waals surface area (Å²) in [5, 5.41) is 7.16. The molecule has 35 heavy (non-hydrogen) atoms. The van der Waals surface area contributed by atoms with Crippen molar-refractivity contribution in [2.75, 3.05) is 30.7 Å². The summed E-state index contributed by atoms with van der Waals surface area (Å²) in [6.07, 6.45) is 5.77. The van der Waals surface area contributed by atoms with E-state index in [1.165, 1.54) is 12.1 Å². The predicted octanol–water partition coefficient (Wildman–Crippen LogP) is 5.06. The van der Waals surface area contributed by atoms with E-state index in [1.54, 1.807) is 24.4 Å². The molecule has 3 aromatic rings. The molecule has 182 valence electrons. The zero-order valence-electron chi connectivity index (χ0n) is 19.0. The molecule has 0 amide bonds. The Morgan fingerprint density at radius 1 is 1.26 bits per heavy atom. The Kier molecular flexibility index (Phi) is 6.24. The summed E-state index contributed by atoms with van der Waals surface area (Å²) in [6, 6.07) is 6.14. The Hall–Kier alpha value is -2.67. The summed E-state index contributed by atoms with van der Waals surface area (Å²) < 4.78 is 43.3. The zero-order chi connectivity index (χ0) is 24.8. The zero-order valence-corrected chi connectivity index (χ0v) is 20.6. The Bertz CT molecular complexity index is 1370. The number of nitrogens with zero attached hydrogens (tertiary/aromatic N) is 3. The smallest absolute Gasteiger partial charge is 0.279 e. The number of anilines is 1. The third-order valence-corrected chi connectivity index (χ3v) is 10.0. The second-order valence-corrected chi connectivity index (χ2v) is 12.4. The molecular weight excluding hydrogens is 491 g/mol. The van der Waals surface area contributed by atoms with Crippen molar-refractivity contribution in [3.05, 3.63) is 77.7 Å². The minimum Gasteiger partial charge on any atom is -0.359 e. The predicted molar refractivity (Wildman–Crippen MR) is 136 cm³/mol. The van der Waals surface area contributed by atoms with E-state index in [9.17, 15) is 13.3 Å². The van der Waals surface area contributed by atoms with Gasteiger partial charge in [0.2, 0.25) is 5.28 Å². The van der Waals surface area contributed by atoms with Gasteiger partial charge in [0.15, 0.2) is 0 Å². The van der Waals surface area contributed by atoms with Crippen molar-refractivity contribution in [2.24, 2.45) is 5.92 Å². The number of hydrogen-bond donors (Lipinski definition) is 2. The lowest BCUT2D eigenvalue weighted by Gasteiger charge is -2.24. The molecule has 2 N–H and O–H groups in total. The van der Waals surface area contributed by atoms with Crippen LogP contribution < -0.4 is 16.1 Å². The Morgan fingerprint density at radius 3 is 2.74 bits per heavy atom. The van der Waals surface area contributed by atoms with E-state index in [2.05, 4.69) is 38.7 Å². The van der Waals surface area contributed by atoms with Gasteiger partial charge in [-0.25, -0.2) is 18.7 Å². The second kappa shape index (κ2) is 9.08. The van der Waals surface area contributed by atoms with Gasteiger partial charge in [-0.15, -0.1) is 13.2 Å². The van der Waals surface area contributed by atoms with Gasteiger partial charge in [0.05, 0.1) is 17.8 Å². The monoisotopic (exact) mass is 515 g/mol. The molecule has 2 aromatic heterocycles. The molecule has 2 aliphatic rings. The molecule has 10 heteroatoms. The highest BCUT2D eigenvalue weighted by Crippen LogP contribution is 2.49. The van der Waals surface area contributed by atoms with Crippen LogP contribution in [0.2, 0.25) is 5.28 Å². The van der Waals surface area contributed by atoms with E-state index in [0.717, 1.165) is 0 Å². The molecule has 0 bridgehead atoms. The number of nitrogens with one attached hydrogen (secondary N) is 2. The Labute approximate surface area is 207 Å². The van der Waals surface area contributed by atoms with Crippen LogP contribution in [0.1, 0.15) is 22.7 Å². The molecule has 2 atom stereocenters. The SMILES string of the molecule is C=CC1Cc2c([C@@H](C=C)Nc3nc(Cl)nc4cnc(P5(=O)CCNCC5)cc34)cccc2C1(F)F. The first-order chi connectivity index (χ1) is 16.8. The van der Waals surface area contributed by atoms with Gasteiger partial charge in [-0.3, -0.25) is 4.98 Å². The molecule has 6 nitrogen and oxygen atoms in total. The van der Waals surface area contributed by atoms with E-state index in [-0.39, 0.29) is 17.3 Å². The number of hydrogen-bond acceptors (Lipinski definition) is 6. The van der Waals surface area contributed by atoms with Crippen LogP contribution in [0.25, 0.3) is 10.9 Å². The minimum atomic E-state index is -2.98. The molecule has 0 saturated carbocycles. The Morgan fingerprint density at radius 2 is 2.03 bits per heavy atom. The lowest BCUT2D eigenvalue weighted by Crippen LogP contribution is -2.33. The first kappa shape index (κ1) is 24.0. The van der Waals surface area contributed by atoms with Crippen molar-refractivity contribution in [3.8, 4) is 0 Å². The van der Waals surface area contributed by atoms with Gasteiger partial charge in [0, 0.05) is 42.3 Å². The van der Waals surface area contributed by atoms with E-state index >= 15 is 0 Å². The highest BCUT2D eigenvalue weighted by atomic mass is 35.5. The average Bonchev–Trinajstić information content (AvgIpc) is 3.12. The van der Waals surface area contributed by atoms with E-state index in [0.29, 0.717) is 58.7 Å². The number of pyridine rings is 1. The number of rotatable bonds is 6. The van der Waals surface area contributed by atoms with Crippen LogP contribution in [-0.4, -0.2) is 40.4 Å². The maximum atomic E-state index is 14.9. The van der Waals surface area contributed by atoms with E-state index in [1.807, 2.05) is 6.07 Å². The Balaban J connectivity index is 1.57. The van der Waals surface area contributed by atoms with Crippen molar-refractivity contribution >= 4 is 40.9 Å². The fraction of sp³-hybridized carbons (Fsp3) is 0.320. The molecular formula is C25H25ClF2N5OP. The van der Waals surface area contributed by atoms with Gasteiger partial charge in [-0.2, -0.15) is 0 Å². The van der Waals surface area contributed by atoms with Crippen LogP contribution in [0.3, 0.4) is 0 Å². The topological polar surface area (TPSA) is 79.8 Å². The second-order valence-electron chi connectivity index (χ2n) is 8.89. The highest BCUT2D eigenvalue weighted by molar-refractivity contribution is 7.71. The minimum absolute atomic E-state index is 0.00891. The van der Waals surface area contributed by atoms with Gasteiger partial charge in [0.25, 0.3) is 5.92 Å². The fourth-order valence-corrected chi connectivity index (χ4v) is 7.47. The van der Waals surface area contributed by atoms with Gasteiger partial charge in [-0.05, 0) is 35.2 Å². The van der Waals surface area contributed by atoms with Crippen molar-refractivity contribution in [1.29, 1.82) is 0 Å². The molecule has 5 rings (SSSR count). The van der Waals surface area contributed by atoms with E-state index in [4.69, 9.17) is 11.6 Å². The van der Waals surface area contributed by atoms with Crippen LogP contribution in [-0.2, 0) is 16.9 Å². The first-order valence-corrected chi connectivity index (χ1v) is 13.9. The van der Waals surface area contributed by atoms with Gasteiger partial charge < -0.3 is 15.2 Å². The third-order valence-electron chi connectivity index (χ3n) is 6.87. The number of alkyl halides is 2. The van der Waals surface area contributed by atoms with Crippen molar-refractivity contribution in [3.63, 3.8) is 0 Å². The number of halogens is 3. The van der Waals surface area contributed by atoms with Crippen LogP contribution in [0, 0.1) is 5.92 Å². The molecule has 1 aliphatic heterocycles. The summed E-state index contributed by atoms with van der Waals surface area (Å²) in [6.45, 7) is 8.88. The summed E-state index contributed by atoms with van der Waals surface area (Å²) in [5.74, 6) is -3.54. The standard InChI is InChI=1S/C25H25ClF2N5OP/c1-3-15-12-17-16(6-5-7-19(17)25(15,27)28)20(4-2)31-23-18-13-22(35(34)10-8-29-9-11-35)30-14-21(18)32-24(26)33-23/h3-7,13-15,20,29H,1-2,8-12H2,(H,31,32,33)/t15?,20-/m1/s1. The van der Waals surface area contributed by atoms with Crippen molar-refractivity contribution < 1.29 is 13.3 Å². The molecule has 0 spiro atoms. The van der Waals surface area contributed by atoms with Crippen molar-refractivity contribution in [1.82, 2.24) is 20.3 Å². The fourth-order valence-electron chi connectivity index (χ4n) is 4.94. The first-order valence-electron chi connectivity index (χ1n) is 11.4. The number of aromatic nitrogens is 3. The largest absolute Gasteiger partial charge is 0.359 e. The van der Waals surface area contributed by atoms with Crippen LogP contribution >= 0.6 is 18.7 Å². The maximum Gasteiger partial charge on any atom is 0.279 e. The average molecular weight is 516 g/mol. The van der Waals surface area contributed by atoms with Gasteiger partial charge in [0.1, 0.15) is 18.4 Å². The summed E-state index contributed by atoms with van der Waals surface area (Å²) in [7, 11) is -2.64. The van der Waals surface area contributed by atoms with Gasteiger partial charge >= 0.3 is 0 Å². The number of fused-ring (bicyclic) bond motifs is 2. The quantitative estimate of drug-likeness (QED) is 0.271. The summed E-state index contributed by atoms with van der Waals surface area (Å²) in [5.41, 5.74) is 2.30. The maximum absolute atomic E-state index is 14.9. The molecule has 1 saturated heterocycles. The lowest BCUT2D eigenvalue weighted by molar-refractivity contribution is -0.0341. The van der Waals surface area contributed by atoms with Crippen molar-refractivity contribution in [2.45, 2.75) is 18.4 Å². The number of benzene rings is 1. The molecule has 0 radical (unpaired) electrons. The summed E-state index contributed by atoms with van der Waals surface area (Å²) >= 11 is 6.19. The normalized spacial score (nSPS) is 21.3. The number of allylic oxidation sites excluding steroid dienone is 1. The van der Waals surface area contributed by atoms with Gasteiger partial charge in [-0.1, -0.05) is 30.4 Å². The van der Waals surface area contributed by atoms with Crippen LogP contribution in [0.4, 0.5) is 14.6 Å².